The molecule has 3 rings (SSSR count). The van der Waals surface area contributed by atoms with Crippen molar-refractivity contribution in [2.24, 2.45) is 5.92 Å². The van der Waals surface area contributed by atoms with Crippen molar-refractivity contribution in [3.63, 3.8) is 0 Å². The van der Waals surface area contributed by atoms with Gasteiger partial charge in [-0.2, -0.15) is 13.2 Å². The van der Waals surface area contributed by atoms with Crippen molar-refractivity contribution < 1.29 is 17.9 Å². The fourth-order valence-electron chi connectivity index (χ4n) is 3.85. The highest BCUT2D eigenvalue weighted by molar-refractivity contribution is 5.63. The first kappa shape index (κ1) is 21.6. The molecule has 0 amide bonds. The van der Waals surface area contributed by atoms with Crippen LogP contribution in [0.25, 0.3) is 0 Å². The Morgan fingerprint density at radius 3 is 2.55 bits per heavy atom. The molecule has 1 aromatic carbocycles. The summed E-state index contributed by atoms with van der Waals surface area (Å²) in [5.41, 5.74) is 0.713. The van der Waals surface area contributed by atoms with Crippen LogP contribution in [0.3, 0.4) is 0 Å². The van der Waals surface area contributed by atoms with E-state index in [-0.39, 0.29) is 12.0 Å². The van der Waals surface area contributed by atoms with E-state index in [1.807, 2.05) is 17.0 Å². The summed E-state index contributed by atoms with van der Waals surface area (Å²) in [4.78, 5) is 8.21. The van der Waals surface area contributed by atoms with Crippen LogP contribution in [0.15, 0.2) is 48.8 Å². The number of benzene rings is 1. The molecule has 158 valence electrons. The molecule has 0 saturated carbocycles. The second kappa shape index (κ2) is 9.59. The lowest BCUT2D eigenvalue weighted by atomic mass is 10.1. The summed E-state index contributed by atoms with van der Waals surface area (Å²) in [5.74, 6) is 0.240. The molecule has 0 N–H and O–H groups in total. The van der Waals surface area contributed by atoms with Crippen molar-refractivity contribution in [1.29, 1.82) is 0 Å². The standard InChI is InChI=1S/C22H28F3N3O/c1-17(14-27(2)16-21-7-4-12-29-21)15-28(19-8-10-26-11-9-19)20-6-3-5-18(13-20)22(23,24)25/h3,5-6,8-11,13,17,21H,4,7,12,14-16H2,1-2H3. The minimum Gasteiger partial charge on any atom is -0.377 e. The molecule has 1 aliphatic heterocycles. The summed E-state index contributed by atoms with van der Waals surface area (Å²) in [5, 5.41) is 0. The van der Waals surface area contributed by atoms with Gasteiger partial charge in [0.05, 0.1) is 11.7 Å². The number of hydrogen-bond acceptors (Lipinski definition) is 4. The Kier molecular flexibility index (Phi) is 7.14. The number of pyridine rings is 1. The van der Waals surface area contributed by atoms with E-state index in [1.165, 1.54) is 12.1 Å². The molecule has 0 bridgehead atoms. The molecular formula is C22H28F3N3O. The zero-order valence-electron chi connectivity index (χ0n) is 16.9. The number of ether oxygens (including phenoxy) is 1. The molecule has 2 heterocycles. The van der Waals surface area contributed by atoms with Gasteiger partial charge in [0, 0.05) is 50.0 Å². The fourth-order valence-corrected chi connectivity index (χ4v) is 3.85. The maximum Gasteiger partial charge on any atom is 0.416 e. The lowest BCUT2D eigenvalue weighted by Crippen LogP contribution is -2.36. The SMILES string of the molecule is CC(CN(C)CC1CCCO1)CN(c1ccncc1)c1cccc(C(F)(F)F)c1. The first-order valence-corrected chi connectivity index (χ1v) is 9.98. The average Bonchev–Trinajstić information content (AvgIpc) is 3.19. The van der Waals surface area contributed by atoms with Gasteiger partial charge in [-0.1, -0.05) is 13.0 Å². The van der Waals surface area contributed by atoms with Gasteiger partial charge in [0.2, 0.25) is 0 Å². The van der Waals surface area contributed by atoms with E-state index in [4.69, 9.17) is 4.74 Å². The van der Waals surface area contributed by atoms with Crippen molar-refractivity contribution in [2.75, 3.05) is 38.2 Å². The minimum absolute atomic E-state index is 0.240. The highest BCUT2D eigenvalue weighted by atomic mass is 19.4. The number of hydrogen-bond donors (Lipinski definition) is 0. The predicted octanol–water partition coefficient (Wildman–Crippen LogP) is 4.99. The van der Waals surface area contributed by atoms with Crippen molar-refractivity contribution in [2.45, 2.75) is 32.0 Å². The topological polar surface area (TPSA) is 28.6 Å². The third kappa shape index (κ3) is 6.18. The largest absolute Gasteiger partial charge is 0.416 e. The predicted molar refractivity (Wildman–Crippen MR) is 108 cm³/mol. The maximum absolute atomic E-state index is 13.2. The molecule has 2 aromatic rings. The molecule has 4 nitrogen and oxygen atoms in total. The van der Waals surface area contributed by atoms with Crippen LogP contribution in [0.4, 0.5) is 24.5 Å². The molecule has 1 saturated heterocycles. The van der Waals surface area contributed by atoms with Crippen LogP contribution in [0.2, 0.25) is 0 Å². The highest BCUT2D eigenvalue weighted by Gasteiger charge is 2.31. The summed E-state index contributed by atoms with van der Waals surface area (Å²) < 4.78 is 45.3. The Labute approximate surface area is 170 Å². The molecule has 2 atom stereocenters. The zero-order chi connectivity index (χ0) is 20.9. The number of aromatic nitrogens is 1. The van der Waals surface area contributed by atoms with Crippen molar-refractivity contribution in [1.82, 2.24) is 9.88 Å². The molecule has 1 fully saturated rings. The van der Waals surface area contributed by atoms with Crippen LogP contribution >= 0.6 is 0 Å². The third-order valence-corrected chi connectivity index (χ3v) is 5.12. The van der Waals surface area contributed by atoms with Crippen molar-refractivity contribution >= 4 is 11.4 Å². The summed E-state index contributed by atoms with van der Waals surface area (Å²) >= 11 is 0. The van der Waals surface area contributed by atoms with E-state index in [0.717, 1.165) is 44.3 Å². The summed E-state index contributed by atoms with van der Waals surface area (Å²) in [6.07, 6.45) is 1.43. The number of nitrogens with zero attached hydrogens (tertiary/aromatic N) is 3. The third-order valence-electron chi connectivity index (χ3n) is 5.12. The summed E-state index contributed by atoms with van der Waals surface area (Å²) in [6.45, 7) is 5.26. The summed E-state index contributed by atoms with van der Waals surface area (Å²) in [6, 6.07) is 9.14. The van der Waals surface area contributed by atoms with Crippen molar-refractivity contribution in [3.8, 4) is 0 Å². The molecule has 2 unspecified atom stereocenters. The van der Waals surface area contributed by atoms with Gasteiger partial charge >= 0.3 is 6.18 Å². The first-order valence-electron chi connectivity index (χ1n) is 9.98. The molecule has 0 radical (unpaired) electrons. The van der Waals surface area contributed by atoms with Crippen molar-refractivity contribution in [3.05, 3.63) is 54.4 Å². The van der Waals surface area contributed by atoms with Gasteiger partial charge in [-0.15, -0.1) is 0 Å². The molecule has 0 aliphatic carbocycles. The van der Waals surface area contributed by atoms with E-state index in [0.29, 0.717) is 12.2 Å². The quantitative estimate of drug-likeness (QED) is 0.617. The lowest BCUT2D eigenvalue weighted by Gasteiger charge is -2.31. The van der Waals surface area contributed by atoms with Crippen LogP contribution in [0, 0.1) is 5.92 Å². The van der Waals surface area contributed by atoms with Gasteiger partial charge < -0.3 is 14.5 Å². The van der Waals surface area contributed by atoms with Gasteiger partial charge in [0.25, 0.3) is 0 Å². The van der Waals surface area contributed by atoms with Crippen LogP contribution in [-0.2, 0) is 10.9 Å². The monoisotopic (exact) mass is 407 g/mol. The lowest BCUT2D eigenvalue weighted by molar-refractivity contribution is -0.137. The number of rotatable bonds is 8. The Morgan fingerprint density at radius 2 is 1.90 bits per heavy atom. The van der Waals surface area contributed by atoms with Gasteiger partial charge in [-0.3, -0.25) is 4.98 Å². The van der Waals surface area contributed by atoms with Gasteiger partial charge in [0.15, 0.2) is 0 Å². The molecule has 1 aliphatic rings. The molecule has 7 heteroatoms. The minimum atomic E-state index is -4.37. The fraction of sp³-hybridized carbons (Fsp3) is 0.500. The Bertz CT molecular complexity index is 763. The van der Waals surface area contributed by atoms with Crippen LogP contribution in [-0.4, -0.2) is 49.3 Å². The number of likely N-dealkylation sites (N-methyl/N-ethyl adjacent to an activating group) is 1. The van der Waals surface area contributed by atoms with Crippen LogP contribution in [0.5, 0.6) is 0 Å². The first-order chi connectivity index (χ1) is 13.8. The second-order valence-electron chi connectivity index (χ2n) is 7.83. The van der Waals surface area contributed by atoms with Gasteiger partial charge in [-0.25, -0.2) is 0 Å². The Balaban J connectivity index is 1.74. The molecular weight excluding hydrogens is 379 g/mol. The van der Waals surface area contributed by atoms with E-state index in [1.54, 1.807) is 18.5 Å². The number of alkyl halides is 3. The summed E-state index contributed by atoms with van der Waals surface area (Å²) in [7, 11) is 2.07. The number of halogens is 3. The highest BCUT2D eigenvalue weighted by Crippen LogP contribution is 2.34. The van der Waals surface area contributed by atoms with Crippen LogP contribution in [0.1, 0.15) is 25.3 Å². The van der Waals surface area contributed by atoms with Gasteiger partial charge in [-0.05, 0) is 56.1 Å². The Hall–Kier alpha value is -2.12. The normalized spacial score (nSPS) is 18.2. The van der Waals surface area contributed by atoms with E-state index < -0.39 is 11.7 Å². The second-order valence-corrected chi connectivity index (χ2v) is 7.83. The zero-order valence-corrected chi connectivity index (χ0v) is 16.9. The maximum atomic E-state index is 13.2. The van der Waals surface area contributed by atoms with E-state index in [2.05, 4.69) is 23.9 Å². The van der Waals surface area contributed by atoms with E-state index >= 15 is 0 Å². The number of anilines is 2. The van der Waals surface area contributed by atoms with E-state index in [9.17, 15) is 13.2 Å². The van der Waals surface area contributed by atoms with Crippen LogP contribution < -0.4 is 4.90 Å². The molecule has 0 spiro atoms. The van der Waals surface area contributed by atoms with Gasteiger partial charge in [0.1, 0.15) is 0 Å². The smallest absolute Gasteiger partial charge is 0.377 e. The Morgan fingerprint density at radius 1 is 1.14 bits per heavy atom. The molecule has 29 heavy (non-hydrogen) atoms. The molecule has 1 aromatic heterocycles. The average molecular weight is 407 g/mol.